The van der Waals surface area contributed by atoms with E-state index in [0.717, 1.165) is 18.2 Å². The molecule has 0 aliphatic heterocycles. The molecule has 0 aliphatic rings. The summed E-state index contributed by atoms with van der Waals surface area (Å²) in [5.41, 5.74) is -8.83. The van der Waals surface area contributed by atoms with Crippen LogP contribution in [-0.4, -0.2) is 59.5 Å². The average molecular weight is 694 g/mol. The summed E-state index contributed by atoms with van der Waals surface area (Å²) in [5, 5.41) is 22.3. The van der Waals surface area contributed by atoms with E-state index >= 15 is 0 Å². The quantitative estimate of drug-likeness (QED) is 0.164. The number of ether oxygens (including phenoxy) is 2. The third kappa shape index (κ3) is 8.24. The minimum absolute atomic E-state index is 0.205. The average Bonchev–Trinajstić information content (AvgIpc) is 2.94. The molecule has 0 saturated carbocycles. The van der Waals surface area contributed by atoms with Gasteiger partial charge < -0.3 is 25.0 Å². The van der Waals surface area contributed by atoms with Gasteiger partial charge >= 0.3 is 24.9 Å². The molecule has 0 amide bonds. The Hall–Kier alpha value is -3.70. The topological polar surface area (TPSA) is 71.0 Å². The van der Waals surface area contributed by atoms with Crippen LogP contribution >= 0.6 is 0 Å². The van der Waals surface area contributed by atoms with Gasteiger partial charge in [0.1, 0.15) is 17.7 Å². The second kappa shape index (κ2) is 13.8. The summed E-state index contributed by atoms with van der Waals surface area (Å²) in [4.78, 5) is 0. The first-order chi connectivity index (χ1) is 21.5. The number of hydrogen-bond acceptors (Lipinski definition) is 5. The molecular weight excluding hydrogens is 666 g/mol. The van der Waals surface area contributed by atoms with Crippen molar-refractivity contribution in [3.63, 3.8) is 0 Å². The molecule has 0 spiro atoms. The number of halogens is 12. The van der Waals surface area contributed by atoms with Gasteiger partial charge in [-0.15, -0.1) is 0 Å². The Kier molecular flexibility index (Phi) is 11.1. The van der Waals surface area contributed by atoms with Gasteiger partial charge in [-0.2, -0.15) is 43.9 Å². The van der Waals surface area contributed by atoms with Crippen molar-refractivity contribution in [1.82, 2.24) is 5.32 Å². The lowest BCUT2D eigenvalue weighted by molar-refractivity contribution is -0.390. The second-order valence-electron chi connectivity index (χ2n) is 10.7. The molecule has 0 heterocycles. The Labute approximate surface area is 259 Å². The lowest BCUT2D eigenvalue weighted by atomic mass is 9.77. The van der Waals surface area contributed by atoms with Gasteiger partial charge in [0.15, 0.2) is 11.6 Å². The first-order valence-electron chi connectivity index (χ1n) is 13.5. The van der Waals surface area contributed by atoms with Crippen LogP contribution in [0.4, 0.5) is 52.7 Å². The van der Waals surface area contributed by atoms with Crippen LogP contribution in [-0.2, 0) is 12.0 Å². The third-order valence-corrected chi connectivity index (χ3v) is 6.91. The fourth-order valence-electron chi connectivity index (χ4n) is 4.68. The van der Waals surface area contributed by atoms with Crippen molar-refractivity contribution in [2.75, 3.05) is 6.54 Å². The van der Waals surface area contributed by atoms with Crippen LogP contribution in [0, 0.1) is 11.6 Å². The molecule has 260 valence electrons. The van der Waals surface area contributed by atoms with E-state index in [4.69, 9.17) is 4.74 Å². The highest BCUT2D eigenvalue weighted by Gasteiger charge is 2.74. The molecule has 0 aromatic heterocycles. The van der Waals surface area contributed by atoms with Crippen molar-refractivity contribution >= 4 is 0 Å². The van der Waals surface area contributed by atoms with E-state index < -0.39 is 89.9 Å². The molecule has 3 aromatic rings. The van der Waals surface area contributed by atoms with Crippen LogP contribution in [0.5, 0.6) is 11.5 Å². The number of rotatable bonds is 13. The van der Waals surface area contributed by atoms with Gasteiger partial charge in [0, 0.05) is 12.6 Å². The molecular formula is C30H27F12NO4. The Morgan fingerprint density at radius 3 is 1.91 bits per heavy atom. The molecule has 3 aromatic carbocycles. The molecule has 0 fully saturated rings. The molecule has 2 unspecified atom stereocenters. The van der Waals surface area contributed by atoms with E-state index in [1.165, 1.54) is 44.2 Å². The zero-order chi connectivity index (χ0) is 35.6. The SMILES string of the molecule is CC(C)Oc1cc(C(Cc2ccccc2)(NCC(O)C(O)(C(F)(F)F)C(F)(F)F)c2cc(F)cc(OC(F)(F)C(F)F)c2)ccc1F. The number of aliphatic hydroxyl groups is 2. The lowest BCUT2D eigenvalue weighted by Gasteiger charge is -2.41. The molecule has 3 rings (SSSR count). The lowest BCUT2D eigenvalue weighted by Crippen LogP contribution is -2.67. The molecule has 2 atom stereocenters. The van der Waals surface area contributed by atoms with Gasteiger partial charge in [-0.3, -0.25) is 0 Å². The van der Waals surface area contributed by atoms with Crippen molar-refractivity contribution in [3.05, 3.63) is 95.1 Å². The van der Waals surface area contributed by atoms with Crippen molar-refractivity contribution in [3.8, 4) is 11.5 Å². The zero-order valence-corrected chi connectivity index (χ0v) is 24.2. The van der Waals surface area contributed by atoms with Crippen LogP contribution in [0.25, 0.3) is 0 Å². The Balaban J connectivity index is 2.36. The normalized spacial score (nSPS) is 15.1. The summed E-state index contributed by atoms with van der Waals surface area (Å²) in [6.45, 7) is 1.18. The maximum Gasteiger partial charge on any atom is 0.461 e. The van der Waals surface area contributed by atoms with E-state index in [9.17, 15) is 62.9 Å². The molecule has 47 heavy (non-hydrogen) atoms. The Morgan fingerprint density at radius 1 is 0.787 bits per heavy atom. The summed E-state index contributed by atoms with van der Waals surface area (Å²) in [6, 6.07) is 11.2. The van der Waals surface area contributed by atoms with Crippen molar-refractivity contribution in [2.24, 2.45) is 0 Å². The van der Waals surface area contributed by atoms with Gasteiger partial charge in [-0.05, 0) is 61.2 Å². The standard InChI is InChI=1S/C30H27F12NO4/c1-16(2)46-23-12-18(8-9-22(23)32)26(14-17-6-4-3-5-7-17,43-15-24(44)27(45,29(37,38)39)30(40,41)42)19-10-20(31)13-21(11-19)47-28(35,36)25(33)34/h3-13,16,24-25,43-45H,14-15H2,1-2H3. The number of alkyl halides is 10. The van der Waals surface area contributed by atoms with Crippen molar-refractivity contribution in [1.29, 1.82) is 0 Å². The van der Waals surface area contributed by atoms with E-state index in [1.807, 2.05) is 0 Å². The summed E-state index contributed by atoms with van der Waals surface area (Å²) in [5.74, 6) is -4.20. The highest BCUT2D eigenvalue weighted by Crippen LogP contribution is 2.46. The fraction of sp³-hybridized carbons (Fsp3) is 0.400. The largest absolute Gasteiger partial charge is 0.488 e. The van der Waals surface area contributed by atoms with E-state index in [0.29, 0.717) is 12.1 Å². The van der Waals surface area contributed by atoms with Crippen LogP contribution in [0.1, 0.15) is 30.5 Å². The second-order valence-corrected chi connectivity index (χ2v) is 10.7. The predicted molar refractivity (Wildman–Crippen MR) is 142 cm³/mol. The first-order valence-corrected chi connectivity index (χ1v) is 13.5. The van der Waals surface area contributed by atoms with Gasteiger partial charge in [0.2, 0.25) is 0 Å². The van der Waals surface area contributed by atoms with Gasteiger partial charge in [-0.25, -0.2) is 8.78 Å². The van der Waals surface area contributed by atoms with Crippen molar-refractivity contribution < 1.29 is 72.4 Å². The molecule has 0 saturated heterocycles. The van der Waals surface area contributed by atoms with E-state index in [-0.39, 0.29) is 17.2 Å². The van der Waals surface area contributed by atoms with Crippen LogP contribution in [0.3, 0.4) is 0 Å². The minimum Gasteiger partial charge on any atom is -0.488 e. The smallest absolute Gasteiger partial charge is 0.461 e. The molecule has 0 radical (unpaired) electrons. The summed E-state index contributed by atoms with van der Waals surface area (Å²) < 4.78 is 174. The zero-order valence-electron chi connectivity index (χ0n) is 24.2. The monoisotopic (exact) mass is 693 g/mol. The molecule has 0 aliphatic carbocycles. The van der Waals surface area contributed by atoms with Gasteiger partial charge in [-0.1, -0.05) is 36.4 Å². The summed E-state index contributed by atoms with van der Waals surface area (Å²) in [7, 11) is 0. The van der Waals surface area contributed by atoms with E-state index in [2.05, 4.69) is 10.1 Å². The minimum atomic E-state index is -6.48. The van der Waals surface area contributed by atoms with Gasteiger partial charge in [0.25, 0.3) is 5.60 Å². The number of aliphatic hydroxyl groups excluding tert-OH is 1. The molecule has 0 bridgehead atoms. The summed E-state index contributed by atoms with van der Waals surface area (Å²) in [6.07, 6.45) is -27.6. The van der Waals surface area contributed by atoms with Crippen LogP contribution < -0.4 is 14.8 Å². The number of nitrogens with one attached hydrogen (secondary N) is 1. The first kappa shape index (κ1) is 37.8. The van der Waals surface area contributed by atoms with E-state index in [1.54, 1.807) is 0 Å². The number of hydrogen-bond donors (Lipinski definition) is 3. The fourth-order valence-corrected chi connectivity index (χ4v) is 4.68. The van der Waals surface area contributed by atoms with Gasteiger partial charge in [0.05, 0.1) is 11.6 Å². The predicted octanol–water partition coefficient (Wildman–Crippen LogP) is 7.28. The van der Waals surface area contributed by atoms with Crippen LogP contribution in [0.15, 0.2) is 66.7 Å². The highest BCUT2D eigenvalue weighted by atomic mass is 19.4. The molecule has 5 nitrogen and oxygen atoms in total. The highest BCUT2D eigenvalue weighted by molar-refractivity contribution is 5.47. The maximum atomic E-state index is 15.0. The summed E-state index contributed by atoms with van der Waals surface area (Å²) >= 11 is 0. The Bertz CT molecular complexity index is 1480. The molecule has 17 heteroatoms. The van der Waals surface area contributed by atoms with Crippen molar-refractivity contribution in [2.45, 2.75) is 68.5 Å². The van der Waals surface area contributed by atoms with Crippen LogP contribution in [0.2, 0.25) is 0 Å². The Morgan fingerprint density at radius 2 is 1.38 bits per heavy atom. The maximum absolute atomic E-state index is 15.0. The third-order valence-electron chi connectivity index (χ3n) is 6.91. The number of benzene rings is 3. The molecule has 3 N–H and O–H groups in total.